The first-order valence-corrected chi connectivity index (χ1v) is 6.54. The number of rotatable bonds is 8. The summed E-state index contributed by atoms with van der Waals surface area (Å²) in [5.41, 5.74) is 2.23. The molecule has 0 aliphatic heterocycles. The SMILES string of the molecule is CCCOc1nc(NN)nc(OCC(C)(C)N(C)C)n1. The minimum absolute atomic E-state index is 0.145. The van der Waals surface area contributed by atoms with Gasteiger partial charge >= 0.3 is 12.0 Å². The zero-order valence-electron chi connectivity index (χ0n) is 12.8. The van der Waals surface area contributed by atoms with Crippen LogP contribution >= 0.6 is 0 Å². The zero-order chi connectivity index (χ0) is 15.2. The van der Waals surface area contributed by atoms with Crippen LogP contribution in [-0.2, 0) is 0 Å². The van der Waals surface area contributed by atoms with Gasteiger partial charge in [0.1, 0.15) is 6.61 Å². The predicted octanol–water partition coefficient (Wildman–Crippen LogP) is 0.665. The van der Waals surface area contributed by atoms with E-state index in [0.717, 1.165) is 6.42 Å². The van der Waals surface area contributed by atoms with Crippen molar-refractivity contribution in [1.29, 1.82) is 0 Å². The van der Waals surface area contributed by atoms with Crippen molar-refractivity contribution in [3.63, 3.8) is 0 Å². The van der Waals surface area contributed by atoms with Gasteiger partial charge in [0.15, 0.2) is 0 Å². The van der Waals surface area contributed by atoms with Crippen molar-refractivity contribution in [1.82, 2.24) is 19.9 Å². The van der Waals surface area contributed by atoms with Crippen LogP contribution in [0.2, 0.25) is 0 Å². The smallest absolute Gasteiger partial charge is 0.324 e. The maximum Gasteiger partial charge on any atom is 0.324 e. The van der Waals surface area contributed by atoms with Crippen molar-refractivity contribution in [2.75, 3.05) is 32.7 Å². The summed E-state index contributed by atoms with van der Waals surface area (Å²) in [5.74, 6) is 5.54. The fourth-order valence-electron chi connectivity index (χ4n) is 1.10. The Balaban J connectivity index is 2.78. The molecular formula is C12H24N6O2. The summed E-state index contributed by atoms with van der Waals surface area (Å²) in [4.78, 5) is 14.2. The van der Waals surface area contributed by atoms with Gasteiger partial charge in [-0.1, -0.05) is 6.92 Å². The van der Waals surface area contributed by atoms with Crippen molar-refractivity contribution in [2.45, 2.75) is 32.7 Å². The van der Waals surface area contributed by atoms with E-state index in [2.05, 4.69) is 39.1 Å². The molecule has 20 heavy (non-hydrogen) atoms. The highest BCUT2D eigenvalue weighted by Gasteiger charge is 2.22. The number of hydrogen-bond acceptors (Lipinski definition) is 8. The number of ether oxygens (including phenoxy) is 2. The Morgan fingerprint density at radius 2 is 1.75 bits per heavy atom. The Bertz CT molecular complexity index is 424. The molecule has 114 valence electrons. The Morgan fingerprint density at radius 1 is 1.15 bits per heavy atom. The van der Waals surface area contributed by atoms with Crippen LogP contribution in [0.1, 0.15) is 27.2 Å². The van der Waals surface area contributed by atoms with Crippen molar-refractivity contribution < 1.29 is 9.47 Å². The van der Waals surface area contributed by atoms with Crippen molar-refractivity contribution >= 4 is 5.95 Å². The minimum atomic E-state index is -0.145. The number of nitrogens with zero attached hydrogens (tertiary/aromatic N) is 4. The van der Waals surface area contributed by atoms with Crippen molar-refractivity contribution in [3.05, 3.63) is 0 Å². The van der Waals surface area contributed by atoms with E-state index in [-0.39, 0.29) is 23.5 Å². The van der Waals surface area contributed by atoms with Crippen LogP contribution in [0, 0.1) is 0 Å². The molecule has 1 aromatic rings. The molecule has 0 aliphatic carbocycles. The average Bonchev–Trinajstić information content (AvgIpc) is 2.42. The summed E-state index contributed by atoms with van der Waals surface area (Å²) in [7, 11) is 3.97. The van der Waals surface area contributed by atoms with Gasteiger partial charge in [-0.05, 0) is 34.4 Å². The number of nitrogens with two attached hydrogens (primary N) is 1. The minimum Gasteiger partial charge on any atom is -0.463 e. The number of aromatic nitrogens is 3. The maximum atomic E-state index is 5.62. The Morgan fingerprint density at radius 3 is 2.25 bits per heavy atom. The van der Waals surface area contributed by atoms with Gasteiger partial charge in [-0.2, -0.15) is 9.97 Å². The number of anilines is 1. The quantitative estimate of drug-likeness (QED) is 0.531. The molecule has 0 spiro atoms. The molecular weight excluding hydrogens is 260 g/mol. The fraction of sp³-hybridized carbons (Fsp3) is 0.750. The lowest BCUT2D eigenvalue weighted by atomic mass is 10.1. The summed E-state index contributed by atoms with van der Waals surface area (Å²) in [6.45, 7) is 7.08. The summed E-state index contributed by atoms with van der Waals surface area (Å²) in [5, 5.41) is 0. The first kappa shape index (κ1) is 16.4. The second-order valence-corrected chi connectivity index (χ2v) is 5.21. The number of hydrogen-bond donors (Lipinski definition) is 2. The molecule has 0 fully saturated rings. The van der Waals surface area contributed by atoms with Gasteiger partial charge in [0.2, 0.25) is 5.95 Å². The van der Waals surface area contributed by atoms with Gasteiger partial charge in [-0.25, -0.2) is 5.84 Å². The van der Waals surface area contributed by atoms with E-state index in [0.29, 0.717) is 13.2 Å². The standard InChI is InChI=1S/C12H24N6O2/c1-6-7-19-10-14-9(17-13)15-11(16-10)20-8-12(2,3)18(4)5/h6-8,13H2,1-5H3,(H,14,15,16,17). The van der Waals surface area contributed by atoms with Crippen LogP contribution in [0.3, 0.4) is 0 Å². The molecule has 0 aromatic carbocycles. The lowest BCUT2D eigenvalue weighted by Gasteiger charge is -2.31. The largest absolute Gasteiger partial charge is 0.463 e. The molecule has 3 N–H and O–H groups in total. The molecule has 0 bridgehead atoms. The first-order chi connectivity index (χ1) is 9.39. The first-order valence-electron chi connectivity index (χ1n) is 6.54. The maximum absolute atomic E-state index is 5.62. The summed E-state index contributed by atoms with van der Waals surface area (Å²) in [6, 6.07) is 0.390. The zero-order valence-corrected chi connectivity index (χ0v) is 12.8. The number of nitrogens with one attached hydrogen (secondary N) is 1. The van der Waals surface area contributed by atoms with Crippen molar-refractivity contribution in [3.8, 4) is 12.0 Å². The van der Waals surface area contributed by atoms with Crippen LogP contribution in [0.15, 0.2) is 0 Å². The fourth-order valence-corrected chi connectivity index (χ4v) is 1.10. The molecule has 1 rings (SSSR count). The summed E-state index contributed by atoms with van der Waals surface area (Å²) < 4.78 is 11.0. The van der Waals surface area contributed by atoms with E-state index < -0.39 is 0 Å². The number of nitrogen functional groups attached to an aromatic ring is 1. The van der Waals surface area contributed by atoms with Crippen LogP contribution < -0.4 is 20.7 Å². The monoisotopic (exact) mass is 284 g/mol. The molecule has 0 saturated heterocycles. The Labute approximate surface area is 119 Å². The van der Waals surface area contributed by atoms with E-state index in [1.54, 1.807) is 0 Å². The van der Waals surface area contributed by atoms with Gasteiger partial charge in [-0.15, -0.1) is 4.98 Å². The van der Waals surface area contributed by atoms with Gasteiger partial charge in [0.25, 0.3) is 0 Å². The van der Waals surface area contributed by atoms with E-state index in [9.17, 15) is 0 Å². The van der Waals surface area contributed by atoms with Gasteiger partial charge in [0.05, 0.1) is 6.61 Å². The average molecular weight is 284 g/mol. The van der Waals surface area contributed by atoms with Crippen molar-refractivity contribution in [2.24, 2.45) is 5.84 Å². The van der Waals surface area contributed by atoms with Crippen LogP contribution in [0.4, 0.5) is 5.95 Å². The molecule has 8 nitrogen and oxygen atoms in total. The highest BCUT2D eigenvalue weighted by Crippen LogP contribution is 2.16. The molecule has 1 aromatic heterocycles. The molecule has 0 radical (unpaired) electrons. The highest BCUT2D eigenvalue weighted by atomic mass is 16.5. The summed E-state index contributed by atoms with van der Waals surface area (Å²) >= 11 is 0. The normalized spacial score (nSPS) is 11.6. The van der Waals surface area contributed by atoms with E-state index in [1.807, 2.05) is 21.0 Å². The third kappa shape index (κ3) is 4.78. The van der Waals surface area contributed by atoms with Gasteiger partial charge < -0.3 is 14.4 Å². The molecule has 0 saturated carbocycles. The van der Waals surface area contributed by atoms with Crippen LogP contribution in [0.25, 0.3) is 0 Å². The van der Waals surface area contributed by atoms with E-state index in [4.69, 9.17) is 15.3 Å². The molecule has 1 heterocycles. The van der Waals surface area contributed by atoms with Gasteiger partial charge in [-0.3, -0.25) is 5.43 Å². The van der Waals surface area contributed by atoms with E-state index >= 15 is 0 Å². The molecule has 0 unspecified atom stereocenters. The van der Waals surface area contributed by atoms with E-state index in [1.165, 1.54) is 0 Å². The molecule has 0 atom stereocenters. The van der Waals surface area contributed by atoms with Crippen LogP contribution in [0.5, 0.6) is 12.0 Å². The van der Waals surface area contributed by atoms with Crippen LogP contribution in [-0.4, -0.2) is 52.7 Å². The highest BCUT2D eigenvalue weighted by molar-refractivity contribution is 5.25. The lowest BCUT2D eigenvalue weighted by molar-refractivity contribution is 0.106. The third-order valence-electron chi connectivity index (χ3n) is 2.92. The second kappa shape index (κ2) is 7.20. The Hall–Kier alpha value is -1.67. The third-order valence-corrected chi connectivity index (χ3v) is 2.92. The molecule has 8 heteroatoms. The van der Waals surface area contributed by atoms with Gasteiger partial charge in [0, 0.05) is 5.54 Å². The predicted molar refractivity (Wildman–Crippen MR) is 76.7 cm³/mol. The molecule has 0 amide bonds. The second-order valence-electron chi connectivity index (χ2n) is 5.21. The number of likely N-dealkylation sites (N-methyl/N-ethyl adjacent to an activating group) is 1. The topological polar surface area (TPSA) is 98.4 Å². The number of hydrazine groups is 1. The Kier molecular flexibility index (Phi) is 5.90. The summed E-state index contributed by atoms with van der Waals surface area (Å²) in [6.07, 6.45) is 0.862. The molecule has 0 aliphatic rings. The lowest BCUT2D eigenvalue weighted by Crippen LogP contribution is -2.43.